The Morgan fingerprint density at radius 3 is 2.52 bits per heavy atom. The van der Waals surface area contributed by atoms with Crippen LogP contribution in [0.1, 0.15) is 18.5 Å². The fourth-order valence-corrected chi connectivity index (χ4v) is 3.21. The predicted molar refractivity (Wildman–Crippen MR) is 109 cm³/mol. The number of sulfone groups is 1. The van der Waals surface area contributed by atoms with E-state index in [1.165, 1.54) is 18.4 Å². The molecule has 0 aliphatic rings. The molecule has 0 fully saturated rings. The van der Waals surface area contributed by atoms with E-state index in [0.717, 1.165) is 5.56 Å². The topological polar surface area (TPSA) is 79.8 Å². The minimum absolute atomic E-state index is 0.0411. The molecule has 0 aliphatic carbocycles. The van der Waals surface area contributed by atoms with Crippen molar-refractivity contribution < 1.29 is 13.2 Å². The molecule has 0 aliphatic heterocycles. The number of guanidine groups is 1. The van der Waals surface area contributed by atoms with Crippen LogP contribution in [0.15, 0.2) is 58.4 Å². The van der Waals surface area contributed by atoms with E-state index in [-0.39, 0.29) is 10.9 Å². The Kier molecular flexibility index (Phi) is 7.50. The van der Waals surface area contributed by atoms with Crippen molar-refractivity contribution in [2.24, 2.45) is 4.99 Å². The smallest absolute Gasteiger partial charge is 0.191 e. The van der Waals surface area contributed by atoms with Crippen LogP contribution in [-0.2, 0) is 9.84 Å². The van der Waals surface area contributed by atoms with Gasteiger partial charge in [-0.05, 0) is 48.9 Å². The molecule has 0 bridgehead atoms. The predicted octanol–water partition coefficient (Wildman–Crippen LogP) is 3.05. The highest BCUT2D eigenvalue weighted by molar-refractivity contribution is 7.90. The molecule has 27 heavy (non-hydrogen) atoms. The summed E-state index contributed by atoms with van der Waals surface area (Å²) < 4.78 is 28.5. The lowest BCUT2D eigenvalue weighted by atomic mass is 10.1. The van der Waals surface area contributed by atoms with Crippen LogP contribution in [-0.4, -0.2) is 40.8 Å². The summed E-state index contributed by atoms with van der Waals surface area (Å²) in [5.41, 5.74) is 1.06. The number of hydrogen-bond acceptors (Lipinski definition) is 4. The highest BCUT2D eigenvalue weighted by atomic mass is 35.5. The zero-order valence-corrected chi connectivity index (χ0v) is 17.1. The maximum absolute atomic E-state index is 11.4. The van der Waals surface area contributed by atoms with Gasteiger partial charge in [0.2, 0.25) is 0 Å². The molecule has 1 atom stereocenters. The summed E-state index contributed by atoms with van der Waals surface area (Å²) in [6.07, 6.45) is 1.18. The molecule has 146 valence electrons. The summed E-state index contributed by atoms with van der Waals surface area (Å²) in [7, 11) is -1.50. The SMILES string of the molecule is CN=C(NCCOc1ccc(S(C)(=O)=O)cc1)NC(C)c1cccc(Cl)c1. The van der Waals surface area contributed by atoms with Crippen molar-refractivity contribution in [3.8, 4) is 5.75 Å². The number of nitrogens with zero attached hydrogens (tertiary/aromatic N) is 1. The van der Waals surface area contributed by atoms with Crippen molar-refractivity contribution in [3.63, 3.8) is 0 Å². The first-order valence-corrected chi connectivity index (χ1v) is 10.7. The minimum atomic E-state index is -3.20. The quantitative estimate of drug-likeness (QED) is 0.417. The third kappa shape index (κ3) is 6.77. The summed E-state index contributed by atoms with van der Waals surface area (Å²) in [6, 6.07) is 14.1. The van der Waals surface area contributed by atoms with Gasteiger partial charge in [0.25, 0.3) is 0 Å². The number of ether oxygens (including phenoxy) is 1. The molecule has 2 N–H and O–H groups in total. The number of halogens is 1. The molecule has 2 rings (SSSR count). The molecule has 0 spiro atoms. The third-order valence-electron chi connectivity index (χ3n) is 3.84. The van der Waals surface area contributed by atoms with Crippen LogP contribution < -0.4 is 15.4 Å². The van der Waals surface area contributed by atoms with Gasteiger partial charge in [0.1, 0.15) is 12.4 Å². The van der Waals surface area contributed by atoms with Crippen molar-refractivity contribution in [1.82, 2.24) is 10.6 Å². The maximum atomic E-state index is 11.4. The highest BCUT2D eigenvalue weighted by Gasteiger charge is 2.08. The molecule has 0 saturated heterocycles. The molecule has 0 radical (unpaired) electrons. The second kappa shape index (κ2) is 9.62. The first kappa shape index (κ1) is 21.1. The van der Waals surface area contributed by atoms with Crippen molar-refractivity contribution in [1.29, 1.82) is 0 Å². The molecule has 0 saturated carbocycles. The molecule has 0 aromatic heterocycles. The number of nitrogens with one attached hydrogen (secondary N) is 2. The molecule has 2 aromatic rings. The van der Waals surface area contributed by atoms with E-state index in [1.54, 1.807) is 19.2 Å². The van der Waals surface area contributed by atoms with E-state index >= 15 is 0 Å². The van der Waals surface area contributed by atoms with Crippen molar-refractivity contribution in [2.75, 3.05) is 26.5 Å². The van der Waals surface area contributed by atoms with Gasteiger partial charge in [-0.25, -0.2) is 8.42 Å². The lowest BCUT2D eigenvalue weighted by Gasteiger charge is -2.18. The normalized spacial score (nSPS) is 13.1. The van der Waals surface area contributed by atoms with Crippen LogP contribution in [0.4, 0.5) is 0 Å². The Hall–Kier alpha value is -2.25. The third-order valence-corrected chi connectivity index (χ3v) is 5.20. The fraction of sp³-hybridized carbons (Fsp3) is 0.316. The number of benzene rings is 2. The Bertz CT molecular complexity index is 883. The van der Waals surface area contributed by atoms with Gasteiger partial charge in [-0.3, -0.25) is 4.99 Å². The van der Waals surface area contributed by atoms with Gasteiger partial charge >= 0.3 is 0 Å². The van der Waals surface area contributed by atoms with Gasteiger partial charge in [-0.15, -0.1) is 0 Å². The van der Waals surface area contributed by atoms with Crippen LogP contribution in [0, 0.1) is 0 Å². The summed E-state index contributed by atoms with van der Waals surface area (Å²) in [5.74, 6) is 1.26. The van der Waals surface area contributed by atoms with Crippen molar-refractivity contribution in [3.05, 3.63) is 59.1 Å². The second-order valence-electron chi connectivity index (χ2n) is 6.01. The standard InChI is InChI=1S/C19H24ClN3O3S/c1-14(15-5-4-6-16(20)13-15)23-19(21-2)22-11-12-26-17-7-9-18(10-8-17)27(3,24)25/h4-10,13-14H,11-12H2,1-3H3,(H2,21,22,23). The van der Waals surface area contributed by atoms with Gasteiger partial charge in [0.05, 0.1) is 17.5 Å². The first-order chi connectivity index (χ1) is 12.8. The molecule has 0 amide bonds. The Balaban J connectivity index is 1.79. The monoisotopic (exact) mass is 409 g/mol. The minimum Gasteiger partial charge on any atom is -0.492 e. The molecule has 0 heterocycles. The van der Waals surface area contributed by atoms with Crippen molar-refractivity contribution in [2.45, 2.75) is 17.9 Å². The summed E-state index contributed by atoms with van der Waals surface area (Å²) in [4.78, 5) is 4.47. The number of rotatable bonds is 7. The molecular formula is C19H24ClN3O3S. The number of hydrogen-bond donors (Lipinski definition) is 2. The zero-order valence-electron chi connectivity index (χ0n) is 15.6. The second-order valence-corrected chi connectivity index (χ2v) is 8.46. The lowest BCUT2D eigenvalue weighted by molar-refractivity contribution is 0.321. The van der Waals surface area contributed by atoms with Gasteiger partial charge in [-0.1, -0.05) is 23.7 Å². The highest BCUT2D eigenvalue weighted by Crippen LogP contribution is 2.17. The van der Waals surface area contributed by atoms with Gasteiger partial charge in [0.15, 0.2) is 15.8 Å². The lowest BCUT2D eigenvalue weighted by Crippen LogP contribution is -2.40. The molecule has 1 unspecified atom stereocenters. The Morgan fingerprint density at radius 2 is 1.93 bits per heavy atom. The van der Waals surface area contributed by atoms with Crippen LogP contribution in [0.2, 0.25) is 5.02 Å². The maximum Gasteiger partial charge on any atom is 0.191 e. The van der Waals surface area contributed by atoms with Crippen molar-refractivity contribution >= 4 is 27.4 Å². The summed E-state index contributed by atoms with van der Waals surface area (Å²) in [5, 5.41) is 7.16. The fourth-order valence-electron chi connectivity index (χ4n) is 2.38. The van der Waals surface area contributed by atoms with Gasteiger partial charge in [0, 0.05) is 18.3 Å². The average molecular weight is 410 g/mol. The summed E-state index contributed by atoms with van der Waals surface area (Å²) in [6.45, 7) is 2.97. The molecular weight excluding hydrogens is 386 g/mol. The van der Waals surface area contributed by atoms with Crippen LogP contribution >= 0.6 is 11.6 Å². The van der Waals surface area contributed by atoms with Gasteiger partial charge < -0.3 is 15.4 Å². The van der Waals surface area contributed by atoms with Gasteiger partial charge in [-0.2, -0.15) is 0 Å². The van der Waals surface area contributed by atoms with E-state index in [9.17, 15) is 8.42 Å². The Morgan fingerprint density at radius 1 is 1.22 bits per heavy atom. The molecule has 8 heteroatoms. The summed E-state index contributed by atoms with van der Waals surface area (Å²) >= 11 is 6.03. The van der Waals surface area contributed by atoms with Crippen LogP contribution in [0.25, 0.3) is 0 Å². The first-order valence-electron chi connectivity index (χ1n) is 8.45. The zero-order chi connectivity index (χ0) is 19.9. The number of aliphatic imine (C=N–C) groups is 1. The van der Waals surface area contributed by atoms with E-state index in [1.807, 2.05) is 31.2 Å². The van der Waals surface area contributed by atoms with Crippen LogP contribution in [0.5, 0.6) is 5.75 Å². The largest absolute Gasteiger partial charge is 0.492 e. The van der Waals surface area contributed by atoms with E-state index < -0.39 is 9.84 Å². The Labute approximate surface area is 165 Å². The average Bonchev–Trinajstić information content (AvgIpc) is 2.63. The van der Waals surface area contributed by atoms with E-state index in [4.69, 9.17) is 16.3 Å². The van der Waals surface area contributed by atoms with Crippen LogP contribution in [0.3, 0.4) is 0 Å². The van der Waals surface area contributed by atoms with E-state index in [0.29, 0.717) is 29.9 Å². The van der Waals surface area contributed by atoms with E-state index in [2.05, 4.69) is 15.6 Å². The molecule has 2 aromatic carbocycles. The molecule has 6 nitrogen and oxygen atoms in total.